The van der Waals surface area contributed by atoms with Gasteiger partial charge in [0.2, 0.25) is 0 Å². The standard InChI is InChI=1S/C48H67N3O12/c1-11-38-48(8)35(22-40(53)63-48)29(4)41(54)27(2)23-47(7)44(62-46-42(55)37(51(9)10)21-28(3)60-46)30(5)43(31(6)45(56)61-38)57-24-33(25-58-47)50-59-26-39(52)49-36-20-16-15-19-34(36)32-17-13-12-14-18-32/h12-20,27-31,35,37-38,42-44,46,55H,11,21-26H2,1-10H3,(H,49,52)/b50-33-/t27-,28-,29-,30-,31-,35+,37+,38-,42-,43+,44-,46+,47-,48+/m1/s1. The fourth-order valence-electron chi connectivity index (χ4n) is 10.2. The van der Waals surface area contributed by atoms with Gasteiger partial charge in [-0.25, -0.2) is 0 Å². The Morgan fingerprint density at radius 1 is 0.968 bits per heavy atom. The molecule has 63 heavy (non-hydrogen) atoms. The van der Waals surface area contributed by atoms with Crippen LogP contribution in [0.1, 0.15) is 81.1 Å². The average molecular weight is 878 g/mol. The maximum absolute atomic E-state index is 14.6. The quantitative estimate of drug-likeness (QED) is 0.228. The number of amides is 1. The third-order valence-electron chi connectivity index (χ3n) is 13.7. The van der Waals surface area contributed by atoms with Crippen LogP contribution >= 0.6 is 0 Å². The molecule has 0 spiro atoms. The molecule has 15 heteroatoms. The zero-order chi connectivity index (χ0) is 45.8. The first-order valence-electron chi connectivity index (χ1n) is 22.4. The molecule has 4 aliphatic heterocycles. The molecular weight excluding hydrogens is 811 g/mol. The summed E-state index contributed by atoms with van der Waals surface area (Å²) in [5, 5.41) is 19.0. The molecule has 14 atom stereocenters. The molecule has 2 aromatic carbocycles. The van der Waals surface area contributed by atoms with Gasteiger partial charge in [0, 0.05) is 41.0 Å². The second kappa shape index (κ2) is 20.3. The van der Waals surface area contributed by atoms with Crippen molar-refractivity contribution in [3.63, 3.8) is 0 Å². The van der Waals surface area contributed by atoms with E-state index in [-0.39, 0.29) is 49.7 Å². The van der Waals surface area contributed by atoms with Crippen molar-refractivity contribution in [1.29, 1.82) is 0 Å². The number of aliphatic hydroxyl groups excluding tert-OH is 1. The second-order valence-electron chi connectivity index (χ2n) is 18.6. The Labute approximate surface area is 371 Å². The summed E-state index contributed by atoms with van der Waals surface area (Å²) in [7, 11) is 3.78. The summed E-state index contributed by atoms with van der Waals surface area (Å²) < 4.78 is 38.9. The number of likely N-dealkylation sites (N-methyl/N-ethyl adjacent to an activating group) is 1. The molecule has 15 nitrogen and oxygen atoms in total. The Balaban J connectivity index is 1.35. The van der Waals surface area contributed by atoms with Crippen LogP contribution in [0.5, 0.6) is 0 Å². The summed E-state index contributed by atoms with van der Waals surface area (Å²) in [5.74, 6) is -5.00. The van der Waals surface area contributed by atoms with Crippen molar-refractivity contribution in [1.82, 2.24) is 4.90 Å². The number of para-hydroxylation sites is 1. The van der Waals surface area contributed by atoms with Gasteiger partial charge in [-0.1, -0.05) is 81.4 Å². The first-order chi connectivity index (χ1) is 29.9. The van der Waals surface area contributed by atoms with Crippen molar-refractivity contribution in [2.45, 2.75) is 135 Å². The molecule has 346 valence electrons. The van der Waals surface area contributed by atoms with Crippen LogP contribution in [0.25, 0.3) is 11.1 Å². The Hall–Kier alpha value is -4.25. The van der Waals surface area contributed by atoms with Gasteiger partial charge in [0.05, 0.1) is 49.5 Å². The molecule has 4 aliphatic rings. The van der Waals surface area contributed by atoms with Crippen LogP contribution in [0.4, 0.5) is 5.69 Å². The number of ether oxygens (including phenoxy) is 6. The molecule has 4 saturated heterocycles. The highest BCUT2D eigenvalue weighted by Gasteiger charge is 2.57. The molecule has 4 heterocycles. The van der Waals surface area contributed by atoms with E-state index in [0.29, 0.717) is 18.5 Å². The predicted octanol–water partition coefficient (Wildman–Crippen LogP) is 5.81. The number of esters is 2. The SMILES string of the molecule is CC[C@H]1OC(=O)[C@H](C)[C@H]2OC/C(=N/OCC(=O)Nc3ccccc3-c3ccccc3)CO[C@](C)(C[C@@H](C)C(=O)[C@H](C)[C@@H]3CC(=O)O[C@]13C)[C@H](O[C@@H]1O[C@H](C)C[C@H](N(C)C)[C@H]1O)[C@@H]2C. The Bertz CT molecular complexity index is 1960. The van der Waals surface area contributed by atoms with Crippen LogP contribution in [0.15, 0.2) is 59.8 Å². The minimum absolute atomic E-state index is 0.00151. The Kier molecular flexibility index (Phi) is 15.5. The first-order valence-corrected chi connectivity index (χ1v) is 22.4. The molecule has 0 radical (unpaired) electrons. The van der Waals surface area contributed by atoms with Crippen molar-refractivity contribution in [2.75, 3.05) is 39.2 Å². The average Bonchev–Trinajstić information content (AvgIpc) is 3.58. The number of oxime groups is 1. The van der Waals surface area contributed by atoms with E-state index in [1.165, 1.54) is 0 Å². The third kappa shape index (κ3) is 10.7. The molecule has 0 unspecified atom stereocenters. The van der Waals surface area contributed by atoms with Crippen LogP contribution < -0.4 is 5.32 Å². The summed E-state index contributed by atoms with van der Waals surface area (Å²) >= 11 is 0. The van der Waals surface area contributed by atoms with Crippen molar-refractivity contribution in [3.05, 3.63) is 54.6 Å². The van der Waals surface area contributed by atoms with Gasteiger partial charge in [0.25, 0.3) is 5.91 Å². The van der Waals surface area contributed by atoms with Gasteiger partial charge in [0.15, 0.2) is 12.9 Å². The number of nitrogens with one attached hydrogen (secondary N) is 1. The van der Waals surface area contributed by atoms with E-state index >= 15 is 0 Å². The summed E-state index contributed by atoms with van der Waals surface area (Å²) in [4.78, 5) is 62.8. The minimum atomic E-state index is -1.30. The van der Waals surface area contributed by atoms with Crippen LogP contribution in [-0.4, -0.2) is 127 Å². The molecule has 0 aliphatic carbocycles. The van der Waals surface area contributed by atoms with E-state index in [9.17, 15) is 24.3 Å². The molecule has 1 amide bonds. The predicted molar refractivity (Wildman–Crippen MR) is 234 cm³/mol. The molecule has 2 aromatic rings. The zero-order valence-corrected chi connectivity index (χ0v) is 38.4. The van der Waals surface area contributed by atoms with Gasteiger partial charge in [-0.05, 0) is 72.7 Å². The maximum Gasteiger partial charge on any atom is 0.311 e. The number of nitrogens with zero attached hydrogens (tertiary/aromatic N) is 2. The lowest BCUT2D eigenvalue weighted by atomic mass is 9.70. The van der Waals surface area contributed by atoms with Crippen molar-refractivity contribution >= 4 is 35.0 Å². The third-order valence-corrected chi connectivity index (χ3v) is 13.7. The Morgan fingerprint density at radius 3 is 2.37 bits per heavy atom. The molecule has 2 bridgehead atoms. The van der Waals surface area contributed by atoms with Gasteiger partial charge in [0.1, 0.15) is 29.3 Å². The van der Waals surface area contributed by atoms with Gasteiger partial charge in [-0.2, -0.15) is 0 Å². The molecular formula is C48H67N3O12. The topological polar surface area (TPSA) is 181 Å². The number of anilines is 1. The number of fused-ring (bicyclic) bond motifs is 4. The summed E-state index contributed by atoms with van der Waals surface area (Å²) in [6, 6.07) is 16.9. The van der Waals surface area contributed by atoms with E-state index in [0.717, 1.165) is 11.1 Å². The number of hydrogen-bond acceptors (Lipinski definition) is 14. The minimum Gasteiger partial charge on any atom is -0.458 e. The van der Waals surface area contributed by atoms with Gasteiger partial charge in [-0.15, -0.1) is 0 Å². The number of hydrogen-bond donors (Lipinski definition) is 2. The van der Waals surface area contributed by atoms with E-state index in [1.54, 1.807) is 20.8 Å². The monoisotopic (exact) mass is 877 g/mol. The highest BCUT2D eigenvalue weighted by atomic mass is 16.7. The molecule has 4 fully saturated rings. The fourth-order valence-corrected chi connectivity index (χ4v) is 10.2. The number of Topliss-reactive ketones (excluding diaryl/α,β-unsaturated/α-hetero) is 1. The normalized spacial score (nSPS) is 37.5. The number of carbonyl (C=O) groups excluding carboxylic acids is 4. The van der Waals surface area contributed by atoms with Gasteiger partial charge in [-0.3, -0.25) is 19.2 Å². The number of carbonyl (C=O) groups is 4. The number of cyclic esters (lactones) is 1. The first kappa shape index (κ1) is 48.2. The lowest BCUT2D eigenvalue weighted by Crippen LogP contribution is -2.60. The number of rotatable bonds is 9. The van der Waals surface area contributed by atoms with Crippen molar-refractivity contribution in [2.24, 2.45) is 34.7 Å². The van der Waals surface area contributed by atoms with E-state index in [4.69, 9.17) is 33.3 Å². The lowest BCUT2D eigenvalue weighted by Gasteiger charge is -2.48. The van der Waals surface area contributed by atoms with Gasteiger partial charge < -0.3 is 48.6 Å². The molecule has 6 rings (SSSR count). The second-order valence-corrected chi connectivity index (χ2v) is 18.6. The highest BCUT2D eigenvalue weighted by molar-refractivity contribution is 5.96. The summed E-state index contributed by atoms with van der Waals surface area (Å²) in [5.41, 5.74) is 0.129. The van der Waals surface area contributed by atoms with Crippen molar-refractivity contribution < 1.29 is 57.5 Å². The molecule has 0 aromatic heterocycles. The molecule has 2 N–H and O–H groups in total. The van der Waals surface area contributed by atoms with Crippen LogP contribution in [-0.2, 0) is 52.4 Å². The lowest BCUT2D eigenvalue weighted by molar-refractivity contribution is -0.302. The Morgan fingerprint density at radius 2 is 1.67 bits per heavy atom. The van der Waals surface area contributed by atoms with Crippen LogP contribution in [0.3, 0.4) is 0 Å². The van der Waals surface area contributed by atoms with Crippen LogP contribution in [0, 0.1) is 29.6 Å². The largest absolute Gasteiger partial charge is 0.458 e. The zero-order valence-electron chi connectivity index (χ0n) is 38.4. The van der Waals surface area contributed by atoms with Crippen LogP contribution in [0.2, 0.25) is 0 Å². The number of benzene rings is 2. The van der Waals surface area contributed by atoms with E-state index < -0.39 is 96.0 Å². The van der Waals surface area contributed by atoms with E-state index in [1.807, 2.05) is 108 Å². The van der Waals surface area contributed by atoms with E-state index in [2.05, 4.69) is 10.5 Å². The number of aliphatic hydroxyl groups is 1. The molecule has 0 saturated carbocycles. The fraction of sp³-hybridized carbons (Fsp3) is 0.646. The highest BCUT2D eigenvalue weighted by Crippen LogP contribution is 2.46. The van der Waals surface area contributed by atoms with Gasteiger partial charge >= 0.3 is 11.9 Å². The summed E-state index contributed by atoms with van der Waals surface area (Å²) in [6.07, 6.45) is -4.06. The maximum atomic E-state index is 14.6. The smallest absolute Gasteiger partial charge is 0.311 e. The summed E-state index contributed by atoms with van der Waals surface area (Å²) in [6.45, 7) is 13.9. The van der Waals surface area contributed by atoms with Crippen molar-refractivity contribution in [3.8, 4) is 11.1 Å². The number of ketones is 1.